The molecule has 4 rings (SSSR count). The molecule has 3 aromatic rings. The van der Waals surface area contributed by atoms with Crippen LogP contribution in [-0.2, 0) is 9.59 Å². The van der Waals surface area contributed by atoms with E-state index in [-0.39, 0.29) is 26.9 Å². The number of ether oxygens (including phenoxy) is 2. The summed E-state index contributed by atoms with van der Waals surface area (Å²) in [5.41, 5.74) is 2.05. The molecule has 1 N–H and O–H groups in total. The first-order valence-electron chi connectivity index (χ1n) is 10.3. The van der Waals surface area contributed by atoms with Crippen molar-refractivity contribution in [2.45, 2.75) is 13.0 Å². The number of nitrogens with zero attached hydrogens (tertiary/aromatic N) is 1. The van der Waals surface area contributed by atoms with E-state index in [1.54, 1.807) is 49.6 Å². The van der Waals surface area contributed by atoms with Crippen LogP contribution in [-0.4, -0.2) is 31.0 Å². The number of amides is 1. The van der Waals surface area contributed by atoms with E-state index in [0.29, 0.717) is 17.0 Å². The van der Waals surface area contributed by atoms with Crippen LogP contribution in [0.5, 0.6) is 11.5 Å². The highest BCUT2D eigenvalue weighted by molar-refractivity contribution is 6.52. The second-order valence-corrected chi connectivity index (χ2v) is 8.59. The minimum Gasteiger partial charge on any atom is -0.507 e. The first kappa shape index (κ1) is 23.7. The molecule has 8 heteroatoms. The van der Waals surface area contributed by atoms with Gasteiger partial charge in [0.25, 0.3) is 11.7 Å². The third kappa shape index (κ3) is 4.11. The van der Waals surface area contributed by atoms with Gasteiger partial charge in [-0.25, -0.2) is 0 Å². The summed E-state index contributed by atoms with van der Waals surface area (Å²) in [6.07, 6.45) is 0. The maximum atomic E-state index is 13.3. The Labute approximate surface area is 206 Å². The van der Waals surface area contributed by atoms with E-state index < -0.39 is 23.5 Å². The molecule has 174 valence electrons. The van der Waals surface area contributed by atoms with Gasteiger partial charge < -0.3 is 14.6 Å². The average molecular weight is 498 g/mol. The minimum absolute atomic E-state index is 0.103. The number of halogens is 2. The Hall–Kier alpha value is -3.48. The highest BCUT2D eigenvalue weighted by atomic mass is 35.5. The Morgan fingerprint density at radius 3 is 2.29 bits per heavy atom. The Bertz CT molecular complexity index is 1320. The van der Waals surface area contributed by atoms with Crippen molar-refractivity contribution in [3.63, 3.8) is 0 Å². The fourth-order valence-corrected chi connectivity index (χ4v) is 4.64. The largest absolute Gasteiger partial charge is 0.507 e. The molecule has 1 atom stereocenters. The molecule has 0 bridgehead atoms. The van der Waals surface area contributed by atoms with Crippen molar-refractivity contribution in [2.75, 3.05) is 19.1 Å². The first-order valence-corrected chi connectivity index (χ1v) is 11.1. The molecule has 34 heavy (non-hydrogen) atoms. The van der Waals surface area contributed by atoms with E-state index in [1.165, 1.54) is 24.1 Å². The standard InChI is InChI=1S/C26H21Cl2NO5/c1-14-5-4-6-17(11-14)29-22(15-7-9-18(33-2)10-8-15)21(24(31)26(29)32)23(30)19-12-16(27)13-20(28)25(19)34-3/h4-13,22,30H,1-3H3/b23-21+. The number of aryl methyl sites for hydroxylation is 1. The zero-order valence-electron chi connectivity index (χ0n) is 18.6. The number of carbonyl (C=O) groups excluding carboxylic acids is 2. The molecular formula is C26H21Cl2NO5. The van der Waals surface area contributed by atoms with Crippen LogP contribution < -0.4 is 14.4 Å². The van der Waals surface area contributed by atoms with Gasteiger partial charge in [0.05, 0.1) is 36.4 Å². The number of aliphatic hydroxyl groups is 1. The second kappa shape index (κ2) is 9.41. The maximum absolute atomic E-state index is 13.3. The van der Waals surface area contributed by atoms with Crippen LogP contribution in [0.1, 0.15) is 22.7 Å². The van der Waals surface area contributed by atoms with Crippen molar-refractivity contribution < 1.29 is 24.2 Å². The molecule has 1 amide bonds. The van der Waals surface area contributed by atoms with Gasteiger partial charge in [0.1, 0.15) is 17.3 Å². The molecular weight excluding hydrogens is 477 g/mol. The number of anilines is 1. The Balaban J connectivity index is 2.00. The number of hydrogen-bond acceptors (Lipinski definition) is 5. The van der Waals surface area contributed by atoms with Crippen molar-refractivity contribution in [2.24, 2.45) is 0 Å². The minimum atomic E-state index is -0.907. The summed E-state index contributed by atoms with van der Waals surface area (Å²) < 4.78 is 10.6. The molecule has 0 radical (unpaired) electrons. The zero-order valence-corrected chi connectivity index (χ0v) is 20.1. The van der Waals surface area contributed by atoms with Crippen molar-refractivity contribution in [3.05, 3.63) is 93.0 Å². The van der Waals surface area contributed by atoms with Gasteiger partial charge >= 0.3 is 0 Å². The summed E-state index contributed by atoms with van der Waals surface area (Å²) in [7, 11) is 2.93. The van der Waals surface area contributed by atoms with E-state index in [2.05, 4.69) is 0 Å². The van der Waals surface area contributed by atoms with Crippen LogP contribution in [0.4, 0.5) is 5.69 Å². The van der Waals surface area contributed by atoms with Crippen LogP contribution in [0, 0.1) is 6.92 Å². The number of rotatable bonds is 5. The Morgan fingerprint density at radius 2 is 1.68 bits per heavy atom. The summed E-state index contributed by atoms with van der Waals surface area (Å²) in [4.78, 5) is 28.0. The third-order valence-electron chi connectivity index (χ3n) is 5.62. The summed E-state index contributed by atoms with van der Waals surface area (Å²) in [5.74, 6) is -1.29. The van der Waals surface area contributed by atoms with E-state index >= 15 is 0 Å². The number of carbonyl (C=O) groups is 2. The van der Waals surface area contributed by atoms with E-state index in [4.69, 9.17) is 32.7 Å². The molecule has 1 aliphatic rings. The van der Waals surface area contributed by atoms with Gasteiger partial charge in [0.15, 0.2) is 0 Å². The van der Waals surface area contributed by atoms with Gasteiger partial charge in [-0.15, -0.1) is 0 Å². The molecule has 1 aliphatic heterocycles. The molecule has 1 heterocycles. The third-order valence-corrected chi connectivity index (χ3v) is 6.12. The molecule has 1 unspecified atom stereocenters. The highest BCUT2D eigenvalue weighted by Gasteiger charge is 2.47. The monoisotopic (exact) mass is 497 g/mol. The second-order valence-electron chi connectivity index (χ2n) is 7.75. The number of hydrogen-bond donors (Lipinski definition) is 1. The fourth-order valence-electron chi connectivity index (χ4n) is 4.07. The van der Waals surface area contributed by atoms with Crippen molar-refractivity contribution in [1.29, 1.82) is 0 Å². The lowest BCUT2D eigenvalue weighted by molar-refractivity contribution is -0.132. The maximum Gasteiger partial charge on any atom is 0.300 e. The average Bonchev–Trinajstić information content (AvgIpc) is 3.08. The molecule has 1 saturated heterocycles. The summed E-state index contributed by atoms with van der Waals surface area (Å²) >= 11 is 12.4. The molecule has 0 aliphatic carbocycles. The van der Waals surface area contributed by atoms with E-state index in [1.807, 2.05) is 13.0 Å². The predicted molar refractivity (Wildman–Crippen MR) is 132 cm³/mol. The number of ketones is 1. The fraction of sp³-hybridized carbons (Fsp3) is 0.154. The number of aliphatic hydroxyl groups excluding tert-OH is 1. The molecule has 0 saturated carbocycles. The van der Waals surface area contributed by atoms with Crippen LogP contribution in [0.25, 0.3) is 5.76 Å². The van der Waals surface area contributed by atoms with Crippen LogP contribution in [0.3, 0.4) is 0 Å². The van der Waals surface area contributed by atoms with Gasteiger partial charge in [0.2, 0.25) is 0 Å². The SMILES string of the molecule is COc1ccc(C2/C(=C(\O)c3cc(Cl)cc(Cl)c3OC)C(=O)C(=O)N2c2cccc(C)c2)cc1. The van der Waals surface area contributed by atoms with Crippen molar-refractivity contribution in [1.82, 2.24) is 0 Å². The van der Waals surface area contributed by atoms with Crippen LogP contribution in [0.15, 0.2) is 66.2 Å². The molecule has 1 fully saturated rings. The summed E-state index contributed by atoms with van der Waals surface area (Å²) in [6.45, 7) is 1.89. The lowest BCUT2D eigenvalue weighted by Gasteiger charge is -2.26. The zero-order chi connectivity index (χ0) is 24.6. The highest BCUT2D eigenvalue weighted by Crippen LogP contribution is 2.45. The summed E-state index contributed by atoms with van der Waals surface area (Å²) in [6, 6.07) is 16.2. The van der Waals surface area contributed by atoms with Crippen molar-refractivity contribution in [3.8, 4) is 11.5 Å². The van der Waals surface area contributed by atoms with Gasteiger partial charge in [-0.1, -0.05) is 47.5 Å². The lowest BCUT2D eigenvalue weighted by atomic mass is 9.94. The Kier molecular flexibility index (Phi) is 6.55. The summed E-state index contributed by atoms with van der Waals surface area (Å²) in [5, 5.41) is 11.8. The molecule has 0 aromatic heterocycles. The van der Waals surface area contributed by atoms with E-state index in [0.717, 1.165) is 5.56 Å². The number of methoxy groups -OCH3 is 2. The molecule has 0 spiro atoms. The Morgan fingerprint density at radius 1 is 0.971 bits per heavy atom. The molecule has 6 nitrogen and oxygen atoms in total. The van der Waals surface area contributed by atoms with Gasteiger partial charge in [-0.2, -0.15) is 0 Å². The van der Waals surface area contributed by atoms with Crippen LogP contribution in [0.2, 0.25) is 10.0 Å². The quantitative estimate of drug-likeness (QED) is 0.268. The van der Waals surface area contributed by atoms with Gasteiger partial charge in [-0.3, -0.25) is 14.5 Å². The molecule has 3 aromatic carbocycles. The van der Waals surface area contributed by atoms with Crippen molar-refractivity contribution >= 4 is 46.3 Å². The van der Waals surface area contributed by atoms with Crippen LogP contribution >= 0.6 is 23.2 Å². The lowest BCUT2D eigenvalue weighted by Crippen LogP contribution is -2.29. The topological polar surface area (TPSA) is 76.1 Å². The normalized spacial score (nSPS) is 17.2. The first-order chi connectivity index (χ1) is 16.3. The van der Waals surface area contributed by atoms with Gasteiger partial charge in [0, 0.05) is 10.7 Å². The number of benzene rings is 3. The number of Topliss-reactive ketones (excluding diaryl/α,β-unsaturated/α-hetero) is 1. The van der Waals surface area contributed by atoms with E-state index in [9.17, 15) is 14.7 Å². The van der Waals surface area contributed by atoms with Gasteiger partial charge in [-0.05, 0) is 54.4 Å². The predicted octanol–water partition coefficient (Wildman–Crippen LogP) is 5.95. The smallest absolute Gasteiger partial charge is 0.300 e.